The molecule has 3 nitrogen and oxygen atoms in total. The molecule has 0 saturated carbocycles. The van der Waals surface area contributed by atoms with Crippen LogP contribution in [0.15, 0.2) is 0 Å². The van der Waals surface area contributed by atoms with E-state index in [1.807, 2.05) is 4.90 Å². The van der Waals surface area contributed by atoms with Gasteiger partial charge in [0.1, 0.15) is 6.10 Å². The molecule has 0 radical (unpaired) electrons. The highest BCUT2D eigenvalue weighted by molar-refractivity contribution is 5.81. The zero-order valence-corrected chi connectivity index (χ0v) is 6.58. The van der Waals surface area contributed by atoms with Crippen LogP contribution in [0.5, 0.6) is 0 Å². The quantitative estimate of drug-likeness (QED) is 0.548. The summed E-state index contributed by atoms with van der Waals surface area (Å²) < 4.78 is 5.28. The Kier molecular flexibility index (Phi) is 1.82. The fourth-order valence-electron chi connectivity index (χ4n) is 1.51. The maximum Gasteiger partial charge on any atom is 0.251 e. The number of rotatable bonds is 1. The van der Waals surface area contributed by atoms with Crippen LogP contribution < -0.4 is 0 Å². The van der Waals surface area contributed by atoms with Crippen LogP contribution >= 0.6 is 0 Å². The van der Waals surface area contributed by atoms with E-state index in [4.69, 9.17) is 4.74 Å². The Balaban J connectivity index is 1.87. The summed E-state index contributed by atoms with van der Waals surface area (Å²) >= 11 is 0. The molecule has 2 heterocycles. The van der Waals surface area contributed by atoms with Gasteiger partial charge in [0.2, 0.25) is 0 Å². The standard InChI is InChI=1S/C8H13NO2/c10-8(9-4-2-5-9)7-3-1-6-11-7/h7H,1-6H2. The minimum absolute atomic E-state index is 0.102. The van der Waals surface area contributed by atoms with Gasteiger partial charge < -0.3 is 9.64 Å². The SMILES string of the molecule is O=C(C1CCCO1)N1CCC1. The maximum atomic E-state index is 11.4. The molecule has 1 amide bonds. The molecule has 0 aromatic heterocycles. The third-order valence-corrected chi connectivity index (χ3v) is 2.37. The molecule has 62 valence electrons. The summed E-state index contributed by atoms with van der Waals surface area (Å²) in [5.74, 6) is 0.216. The number of likely N-dealkylation sites (tertiary alicyclic amines) is 1. The third kappa shape index (κ3) is 1.25. The molecule has 1 unspecified atom stereocenters. The van der Waals surface area contributed by atoms with E-state index < -0.39 is 0 Å². The van der Waals surface area contributed by atoms with Crippen molar-refractivity contribution in [2.75, 3.05) is 19.7 Å². The summed E-state index contributed by atoms with van der Waals surface area (Å²) in [6.07, 6.45) is 3.04. The molecule has 3 heteroatoms. The normalized spacial score (nSPS) is 30.2. The number of carbonyl (C=O) groups excluding carboxylic acids is 1. The first-order chi connectivity index (χ1) is 5.38. The molecular weight excluding hydrogens is 142 g/mol. The minimum atomic E-state index is -0.102. The number of ether oxygens (including phenoxy) is 1. The molecule has 0 spiro atoms. The zero-order valence-electron chi connectivity index (χ0n) is 6.58. The van der Waals surface area contributed by atoms with E-state index in [1.54, 1.807) is 0 Å². The molecule has 2 aliphatic heterocycles. The van der Waals surface area contributed by atoms with Gasteiger partial charge in [0.05, 0.1) is 0 Å². The molecule has 2 saturated heterocycles. The van der Waals surface area contributed by atoms with Crippen LogP contribution in [0.2, 0.25) is 0 Å². The van der Waals surface area contributed by atoms with E-state index in [1.165, 1.54) is 6.42 Å². The highest BCUT2D eigenvalue weighted by atomic mass is 16.5. The molecule has 1 atom stereocenters. The average Bonchev–Trinajstić information content (AvgIpc) is 2.32. The molecule has 0 N–H and O–H groups in total. The van der Waals surface area contributed by atoms with Crippen molar-refractivity contribution in [1.82, 2.24) is 4.90 Å². The van der Waals surface area contributed by atoms with Gasteiger partial charge in [-0.2, -0.15) is 0 Å². The van der Waals surface area contributed by atoms with Crippen molar-refractivity contribution in [3.8, 4) is 0 Å². The third-order valence-electron chi connectivity index (χ3n) is 2.37. The highest BCUT2D eigenvalue weighted by Gasteiger charge is 2.30. The second-order valence-corrected chi connectivity index (χ2v) is 3.18. The molecule has 0 aliphatic carbocycles. The number of amides is 1. The Morgan fingerprint density at radius 2 is 2.18 bits per heavy atom. The molecular formula is C8H13NO2. The summed E-state index contributed by atoms with van der Waals surface area (Å²) in [5, 5.41) is 0. The van der Waals surface area contributed by atoms with Crippen molar-refractivity contribution in [2.24, 2.45) is 0 Å². The van der Waals surface area contributed by atoms with Gasteiger partial charge in [-0.1, -0.05) is 0 Å². The number of carbonyl (C=O) groups is 1. The van der Waals surface area contributed by atoms with E-state index >= 15 is 0 Å². The second kappa shape index (κ2) is 2.81. The van der Waals surface area contributed by atoms with Crippen LogP contribution in [0.1, 0.15) is 19.3 Å². The molecule has 11 heavy (non-hydrogen) atoms. The van der Waals surface area contributed by atoms with Crippen LogP contribution in [0, 0.1) is 0 Å². The summed E-state index contributed by atoms with van der Waals surface area (Å²) in [6, 6.07) is 0. The van der Waals surface area contributed by atoms with Gasteiger partial charge in [0.15, 0.2) is 0 Å². The van der Waals surface area contributed by atoms with Crippen molar-refractivity contribution in [1.29, 1.82) is 0 Å². The lowest BCUT2D eigenvalue weighted by molar-refractivity contribution is -0.144. The summed E-state index contributed by atoms with van der Waals surface area (Å²) in [4.78, 5) is 13.3. The Labute approximate surface area is 66.3 Å². The van der Waals surface area contributed by atoms with Crippen molar-refractivity contribution < 1.29 is 9.53 Å². The van der Waals surface area contributed by atoms with Gasteiger partial charge in [-0.3, -0.25) is 4.79 Å². The molecule has 0 aromatic rings. The molecule has 0 bridgehead atoms. The van der Waals surface area contributed by atoms with Crippen LogP contribution in [0.25, 0.3) is 0 Å². The number of hydrogen-bond donors (Lipinski definition) is 0. The second-order valence-electron chi connectivity index (χ2n) is 3.18. The van der Waals surface area contributed by atoms with Crippen LogP contribution in [0.4, 0.5) is 0 Å². The van der Waals surface area contributed by atoms with E-state index in [-0.39, 0.29) is 12.0 Å². The van der Waals surface area contributed by atoms with Crippen molar-refractivity contribution >= 4 is 5.91 Å². The summed E-state index contributed by atoms with van der Waals surface area (Å²) in [5.41, 5.74) is 0. The molecule has 0 aromatic carbocycles. The van der Waals surface area contributed by atoms with Gasteiger partial charge in [-0.15, -0.1) is 0 Å². The lowest BCUT2D eigenvalue weighted by atomic mass is 10.1. The molecule has 2 rings (SSSR count). The fourth-order valence-corrected chi connectivity index (χ4v) is 1.51. The maximum absolute atomic E-state index is 11.4. The number of nitrogens with zero attached hydrogens (tertiary/aromatic N) is 1. The number of hydrogen-bond acceptors (Lipinski definition) is 2. The van der Waals surface area contributed by atoms with Crippen molar-refractivity contribution in [2.45, 2.75) is 25.4 Å². The fraction of sp³-hybridized carbons (Fsp3) is 0.875. The predicted octanol–water partition coefficient (Wildman–Crippen LogP) is 0.398. The largest absolute Gasteiger partial charge is 0.368 e. The topological polar surface area (TPSA) is 29.5 Å². The Morgan fingerprint density at radius 3 is 2.64 bits per heavy atom. The average molecular weight is 155 g/mol. The van der Waals surface area contributed by atoms with Gasteiger partial charge in [0, 0.05) is 19.7 Å². The van der Waals surface area contributed by atoms with E-state index in [0.717, 1.165) is 32.5 Å². The lowest BCUT2D eigenvalue weighted by Gasteiger charge is -2.32. The van der Waals surface area contributed by atoms with Crippen molar-refractivity contribution in [3.63, 3.8) is 0 Å². The van der Waals surface area contributed by atoms with Crippen LogP contribution in [-0.2, 0) is 9.53 Å². The highest BCUT2D eigenvalue weighted by Crippen LogP contribution is 2.17. The van der Waals surface area contributed by atoms with E-state index in [2.05, 4.69) is 0 Å². The van der Waals surface area contributed by atoms with Gasteiger partial charge in [-0.25, -0.2) is 0 Å². The van der Waals surface area contributed by atoms with E-state index in [0.29, 0.717) is 0 Å². The first-order valence-corrected chi connectivity index (χ1v) is 4.28. The first kappa shape index (κ1) is 7.10. The monoisotopic (exact) mass is 155 g/mol. The van der Waals surface area contributed by atoms with Gasteiger partial charge >= 0.3 is 0 Å². The lowest BCUT2D eigenvalue weighted by Crippen LogP contribution is -2.47. The van der Waals surface area contributed by atoms with Crippen molar-refractivity contribution in [3.05, 3.63) is 0 Å². The first-order valence-electron chi connectivity index (χ1n) is 4.28. The Hall–Kier alpha value is -0.570. The molecule has 2 fully saturated rings. The van der Waals surface area contributed by atoms with Gasteiger partial charge in [0.25, 0.3) is 5.91 Å². The Bertz CT molecular complexity index is 159. The smallest absolute Gasteiger partial charge is 0.251 e. The van der Waals surface area contributed by atoms with E-state index in [9.17, 15) is 4.79 Å². The zero-order chi connectivity index (χ0) is 7.68. The summed E-state index contributed by atoms with van der Waals surface area (Å²) in [6.45, 7) is 2.65. The Morgan fingerprint density at radius 1 is 1.36 bits per heavy atom. The van der Waals surface area contributed by atoms with Crippen LogP contribution in [0.3, 0.4) is 0 Å². The summed E-state index contributed by atoms with van der Waals surface area (Å²) in [7, 11) is 0. The molecule has 2 aliphatic rings. The van der Waals surface area contributed by atoms with Gasteiger partial charge in [-0.05, 0) is 19.3 Å². The van der Waals surface area contributed by atoms with Crippen LogP contribution in [-0.4, -0.2) is 36.6 Å². The minimum Gasteiger partial charge on any atom is -0.368 e. The predicted molar refractivity (Wildman–Crippen MR) is 40.2 cm³/mol.